The van der Waals surface area contributed by atoms with E-state index in [2.05, 4.69) is 15.0 Å². The SMILES string of the molecule is COC1CCN(c2ccc(C(=O)N3CCc4c(cnc5cc(C)nn45)C3)cc2)C1. The van der Waals surface area contributed by atoms with Crippen molar-refractivity contribution in [2.45, 2.75) is 32.4 Å². The number of carbonyl (C=O) groups excluding carboxylic acids is 1. The van der Waals surface area contributed by atoms with E-state index in [-0.39, 0.29) is 5.91 Å². The number of nitrogens with zero attached hydrogens (tertiary/aromatic N) is 5. The minimum atomic E-state index is 0.0649. The fourth-order valence-electron chi connectivity index (χ4n) is 4.38. The second kappa shape index (κ2) is 7.15. The molecule has 1 unspecified atom stereocenters. The highest BCUT2D eigenvalue weighted by Crippen LogP contribution is 2.24. The zero-order chi connectivity index (χ0) is 20.0. The third kappa shape index (κ3) is 3.25. The first-order chi connectivity index (χ1) is 14.1. The van der Waals surface area contributed by atoms with Gasteiger partial charge in [0.05, 0.1) is 17.5 Å². The monoisotopic (exact) mass is 391 g/mol. The largest absolute Gasteiger partial charge is 0.380 e. The Morgan fingerprint density at radius 3 is 2.79 bits per heavy atom. The molecule has 1 atom stereocenters. The first kappa shape index (κ1) is 18.1. The van der Waals surface area contributed by atoms with Crippen molar-refractivity contribution in [3.63, 3.8) is 0 Å². The van der Waals surface area contributed by atoms with Gasteiger partial charge in [0.2, 0.25) is 0 Å². The van der Waals surface area contributed by atoms with E-state index in [1.165, 1.54) is 0 Å². The highest BCUT2D eigenvalue weighted by atomic mass is 16.5. The molecule has 7 heteroatoms. The topological polar surface area (TPSA) is 63.0 Å². The predicted molar refractivity (Wildman–Crippen MR) is 110 cm³/mol. The molecule has 0 saturated carbocycles. The van der Waals surface area contributed by atoms with Crippen molar-refractivity contribution >= 4 is 17.2 Å². The number of anilines is 1. The van der Waals surface area contributed by atoms with Gasteiger partial charge in [-0.15, -0.1) is 0 Å². The molecule has 0 spiro atoms. The van der Waals surface area contributed by atoms with Crippen LogP contribution in [0.15, 0.2) is 36.5 Å². The normalized spacial score (nSPS) is 19.0. The molecule has 0 bridgehead atoms. The average molecular weight is 391 g/mol. The van der Waals surface area contributed by atoms with Gasteiger partial charge in [0.15, 0.2) is 5.65 Å². The molecule has 3 aromatic rings. The van der Waals surface area contributed by atoms with Crippen LogP contribution in [0.3, 0.4) is 0 Å². The zero-order valence-corrected chi connectivity index (χ0v) is 16.8. The molecular formula is C22H25N5O2. The molecule has 1 amide bonds. The van der Waals surface area contributed by atoms with E-state index in [0.717, 1.165) is 59.8 Å². The van der Waals surface area contributed by atoms with Crippen LogP contribution in [0.4, 0.5) is 5.69 Å². The van der Waals surface area contributed by atoms with Gasteiger partial charge in [0, 0.05) is 68.8 Å². The Kier molecular flexibility index (Phi) is 4.47. The van der Waals surface area contributed by atoms with Crippen LogP contribution in [0.25, 0.3) is 5.65 Å². The van der Waals surface area contributed by atoms with E-state index in [1.54, 1.807) is 7.11 Å². The van der Waals surface area contributed by atoms with Gasteiger partial charge >= 0.3 is 0 Å². The van der Waals surface area contributed by atoms with E-state index in [0.29, 0.717) is 19.2 Å². The van der Waals surface area contributed by atoms with Crippen LogP contribution < -0.4 is 4.90 Å². The number of hydrogen-bond donors (Lipinski definition) is 0. The van der Waals surface area contributed by atoms with Crippen molar-refractivity contribution in [2.75, 3.05) is 31.6 Å². The Morgan fingerprint density at radius 2 is 2.03 bits per heavy atom. The fourth-order valence-corrected chi connectivity index (χ4v) is 4.38. The number of fused-ring (bicyclic) bond motifs is 3. The summed E-state index contributed by atoms with van der Waals surface area (Å²) in [7, 11) is 1.76. The average Bonchev–Trinajstić information content (AvgIpc) is 3.39. The van der Waals surface area contributed by atoms with Crippen LogP contribution in [0.5, 0.6) is 0 Å². The zero-order valence-electron chi connectivity index (χ0n) is 16.8. The highest BCUT2D eigenvalue weighted by molar-refractivity contribution is 5.94. The summed E-state index contributed by atoms with van der Waals surface area (Å²) in [5, 5.41) is 4.55. The summed E-state index contributed by atoms with van der Waals surface area (Å²) < 4.78 is 7.37. The summed E-state index contributed by atoms with van der Waals surface area (Å²) in [6.07, 6.45) is 4.00. The minimum absolute atomic E-state index is 0.0649. The molecule has 2 aromatic heterocycles. The second-order valence-corrected chi connectivity index (χ2v) is 7.90. The lowest BCUT2D eigenvalue weighted by Crippen LogP contribution is -2.37. The van der Waals surface area contributed by atoms with Crippen LogP contribution in [-0.2, 0) is 17.7 Å². The predicted octanol–water partition coefficient (Wildman–Crippen LogP) is 2.46. The Hall–Kier alpha value is -2.93. The molecule has 7 nitrogen and oxygen atoms in total. The lowest BCUT2D eigenvalue weighted by molar-refractivity contribution is 0.0732. The van der Waals surface area contributed by atoms with Crippen molar-refractivity contribution < 1.29 is 9.53 Å². The molecule has 29 heavy (non-hydrogen) atoms. The summed E-state index contributed by atoms with van der Waals surface area (Å²) in [5.74, 6) is 0.0649. The van der Waals surface area contributed by atoms with Crippen molar-refractivity contribution in [1.82, 2.24) is 19.5 Å². The quantitative estimate of drug-likeness (QED) is 0.686. The summed E-state index contributed by atoms with van der Waals surface area (Å²) in [4.78, 5) is 21.8. The van der Waals surface area contributed by atoms with Gasteiger partial charge in [-0.3, -0.25) is 4.79 Å². The number of aromatic nitrogens is 3. The number of benzene rings is 1. The number of aryl methyl sites for hydroxylation is 1. The van der Waals surface area contributed by atoms with Gasteiger partial charge in [-0.05, 0) is 37.6 Å². The maximum Gasteiger partial charge on any atom is 0.254 e. The van der Waals surface area contributed by atoms with E-state index in [1.807, 2.05) is 52.9 Å². The molecule has 0 aliphatic carbocycles. The summed E-state index contributed by atoms with van der Waals surface area (Å²) in [6, 6.07) is 9.94. The summed E-state index contributed by atoms with van der Waals surface area (Å²) in [6.45, 7) is 5.12. The minimum Gasteiger partial charge on any atom is -0.380 e. The second-order valence-electron chi connectivity index (χ2n) is 7.90. The lowest BCUT2D eigenvalue weighted by Gasteiger charge is -2.29. The number of rotatable bonds is 3. The molecule has 0 N–H and O–H groups in total. The Labute approximate surface area is 169 Å². The Morgan fingerprint density at radius 1 is 1.21 bits per heavy atom. The molecule has 2 aliphatic heterocycles. The fraction of sp³-hybridized carbons (Fsp3) is 0.409. The first-order valence-corrected chi connectivity index (χ1v) is 10.1. The smallest absolute Gasteiger partial charge is 0.254 e. The third-order valence-corrected chi connectivity index (χ3v) is 6.02. The Bertz CT molecular complexity index is 1060. The number of methoxy groups -OCH3 is 1. The van der Waals surface area contributed by atoms with Gasteiger partial charge in [-0.25, -0.2) is 9.50 Å². The van der Waals surface area contributed by atoms with Crippen molar-refractivity contribution in [1.29, 1.82) is 0 Å². The molecule has 2 aliphatic rings. The molecule has 1 saturated heterocycles. The first-order valence-electron chi connectivity index (χ1n) is 10.1. The maximum atomic E-state index is 13.1. The summed E-state index contributed by atoms with van der Waals surface area (Å²) >= 11 is 0. The van der Waals surface area contributed by atoms with Crippen molar-refractivity contribution in [3.05, 3.63) is 59.0 Å². The molecule has 4 heterocycles. The lowest BCUT2D eigenvalue weighted by atomic mass is 10.1. The van der Waals surface area contributed by atoms with Gasteiger partial charge in [0.25, 0.3) is 5.91 Å². The van der Waals surface area contributed by atoms with Crippen LogP contribution in [0.1, 0.15) is 33.7 Å². The van der Waals surface area contributed by atoms with Crippen molar-refractivity contribution in [2.24, 2.45) is 0 Å². The summed E-state index contributed by atoms with van der Waals surface area (Å²) in [5.41, 5.74) is 5.92. The van der Waals surface area contributed by atoms with Gasteiger partial charge in [-0.1, -0.05) is 0 Å². The molecule has 0 radical (unpaired) electrons. The highest BCUT2D eigenvalue weighted by Gasteiger charge is 2.25. The molecule has 5 rings (SSSR count). The van der Waals surface area contributed by atoms with E-state index in [9.17, 15) is 4.79 Å². The van der Waals surface area contributed by atoms with Gasteiger partial charge < -0.3 is 14.5 Å². The van der Waals surface area contributed by atoms with Gasteiger partial charge in [0.1, 0.15) is 0 Å². The Balaban J connectivity index is 1.32. The van der Waals surface area contributed by atoms with E-state index < -0.39 is 0 Å². The number of hydrogen-bond acceptors (Lipinski definition) is 5. The third-order valence-electron chi connectivity index (χ3n) is 6.02. The standard InChI is InChI=1S/C22H25N5O2/c1-15-11-21-23-12-17-13-26(10-8-20(17)27(21)24-15)22(28)16-3-5-18(6-4-16)25-9-7-19(14-25)29-2/h3-6,11-12,19H,7-10,13-14H2,1-2H3. The molecule has 150 valence electrons. The van der Waals surface area contributed by atoms with Gasteiger partial charge in [-0.2, -0.15) is 5.10 Å². The number of carbonyl (C=O) groups is 1. The van der Waals surface area contributed by atoms with E-state index in [4.69, 9.17) is 4.74 Å². The van der Waals surface area contributed by atoms with E-state index >= 15 is 0 Å². The maximum absolute atomic E-state index is 13.1. The van der Waals surface area contributed by atoms with Crippen LogP contribution >= 0.6 is 0 Å². The molecule has 1 fully saturated rings. The van der Waals surface area contributed by atoms with Crippen LogP contribution in [-0.4, -0.2) is 58.3 Å². The number of amides is 1. The number of ether oxygens (including phenoxy) is 1. The van der Waals surface area contributed by atoms with Crippen molar-refractivity contribution in [3.8, 4) is 0 Å². The van der Waals surface area contributed by atoms with Crippen LogP contribution in [0.2, 0.25) is 0 Å². The molecule has 1 aromatic carbocycles. The van der Waals surface area contributed by atoms with Crippen LogP contribution in [0, 0.1) is 6.92 Å². The molecular weight excluding hydrogens is 366 g/mol.